The highest BCUT2D eigenvalue weighted by molar-refractivity contribution is 5.18. The zero-order valence-corrected chi connectivity index (χ0v) is 12.1. The third-order valence-electron chi connectivity index (χ3n) is 4.01. The Morgan fingerprint density at radius 2 is 1.89 bits per heavy atom. The van der Waals surface area contributed by atoms with Crippen LogP contribution in [0.25, 0.3) is 0 Å². The summed E-state index contributed by atoms with van der Waals surface area (Å²) in [5, 5.41) is 3.60. The lowest BCUT2D eigenvalue weighted by molar-refractivity contribution is 0.0293. The lowest BCUT2D eigenvalue weighted by Crippen LogP contribution is -2.27. The average molecular weight is 261 g/mol. The van der Waals surface area contributed by atoms with Gasteiger partial charge in [-0.15, -0.1) is 0 Å². The number of hydrogen-bond acceptors (Lipinski definition) is 2. The molecule has 1 aliphatic carbocycles. The van der Waals surface area contributed by atoms with Crippen molar-refractivity contribution in [1.29, 1.82) is 0 Å². The van der Waals surface area contributed by atoms with E-state index in [4.69, 9.17) is 4.74 Å². The number of hydrogen-bond donors (Lipinski definition) is 1. The molecule has 1 atom stereocenters. The highest BCUT2D eigenvalue weighted by Crippen LogP contribution is 2.20. The summed E-state index contributed by atoms with van der Waals surface area (Å²) in [6, 6.07) is 11.1. The van der Waals surface area contributed by atoms with Crippen molar-refractivity contribution in [2.24, 2.45) is 0 Å². The van der Waals surface area contributed by atoms with Crippen molar-refractivity contribution in [3.05, 3.63) is 35.9 Å². The third kappa shape index (κ3) is 4.96. The van der Waals surface area contributed by atoms with Crippen LogP contribution in [0.3, 0.4) is 0 Å². The molecule has 0 bridgehead atoms. The van der Waals surface area contributed by atoms with Crippen LogP contribution >= 0.6 is 0 Å². The predicted molar refractivity (Wildman–Crippen MR) is 80.3 cm³/mol. The monoisotopic (exact) mass is 261 g/mol. The van der Waals surface area contributed by atoms with Gasteiger partial charge in [0, 0.05) is 12.6 Å². The van der Waals surface area contributed by atoms with Crippen LogP contribution in [0.15, 0.2) is 30.3 Å². The SMILES string of the molecule is CCC(NCCOC1CCCCC1)c1ccccc1. The lowest BCUT2D eigenvalue weighted by atomic mass is 9.98. The van der Waals surface area contributed by atoms with Gasteiger partial charge in [-0.1, -0.05) is 56.5 Å². The Labute approximate surface area is 117 Å². The average Bonchev–Trinajstić information content (AvgIpc) is 2.49. The minimum atomic E-state index is 0.455. The normalized spacial score (nSPS) is 18.4. The van der Waals surface area contributed by atoms with Crippen LogP contribution in [0.1, 0.15) is 57.1 Å². The van der Waals surface area contributed by atoms with Gasteiger partial charge in [0.2, 0.25) is 0 Å². The largest absolute Gasteiger partial charge is 0.377 e. The molecule has 0 spiro atoms. The molecule has 1 aliphatic rings. The van der Waals surface area contributed by atoms with Crippen molar-refractivity contribution in [2.45, 2.75) is 57.6 Å². The van der Waals surface area contributed by atoms with E-state index in [2.05, 4.69) is 42.6 Å². The Kier molecular flexibility index (Phi) is 6.38. The summed E-state index contributed by atoms with van der Waals surface area (Å²) in [5.41, 5.74) is 1.38. The maximum Gasteiger partial charge on any atom is 0.0594 e. The number of nitrogens with one attached hydrogen (secondary N) is 1. The van der Waals surface area contributed by atoms with Gasteiger partial charge < -0.3 is 10.1 Å². The van der Waals surface area contributed by atoms with Crippen LogP contribution in [-0.2, 0) is 4.74 Å². The minimum Gasteiger partial charge on any atom is -0.377 e. The molecule has 1 aromatic carbocycles. The van der Waals surface area contributed by atoms with E-state index < -0.39 is 0 Å². The van der Waals surface area contributed by atoms with Crippen molar-refractivity contribution in [3.63, 3.8) is 0 Å². The molecule has 2 nitrogen and oxygen atoms in total. The molecule has 0 aliphatic heterocycles. The van der Waals surface area contributed by atoms with Gasteiger partial charge in [-0.25, -0.2) is 0 Å². The van der Waals surface area contributed by atoms with Crippen LogP contribution in [-0.4, -0.2) is 19.3 Å². The molecule has 19 heavy (non-hydrogen) atoms. The standard InChI is InChI=1S/C17H27NO/c1-2-17(15-9-5-3-6-10-15)18-13-14-19-16-11-7-4-8-12-16/h3,5-6,9-10,16-18H,2,4,7-8,11-14H2,1H3. The fraction of sp³-hybridized carbons (Fsp3) is 0.647. The van der Waals surface area contributed by atoms with Gasteiger partial charge in [0.15, 0.2) is 0 Å². The number of ether oxygens (including phenoxy) is 1. The molecule has 0 amide bonds. The summed E-state index contributed by atoms with van der Waals surface area (Å²) in [7, 11) is 0. The molecule has 2 heteroatoms. The van der Waals surface area contributed by atoms with Crippen LogP contribution in [0.4, 0.5) is 0 Å². The molecule has 1 aromatic rings. The molecular weight excluding hydrogens is 234 g/mol. The summed E-state index contributed by atoms with van der Waals surface area (Å²) < 4.78 is 5.95. The van der Waals surface area contributed by atoms with E-state index in [9.17, 15) is 0 Å². The zero-order chi connectivity index (χ0) is 13.3. The molecule has 0 aromatic heterocycles. The Hall–Kier alpha value is -0.860. The molecule has 0 radical (unpaired) electrons. The van der Waals surface area contributed by atoms with E-state index in [0.29, 0.717) is 12.1 Å². The van der Waals surface area contributed by atoms with Gasteiger partial charge in [0.05, 0.1) is 12.7 Å². The van der Waals surface area contributed by atoms with Crippen LogP contribution < -0.4 is 5.32 Å². The highest BCUT2D eigenvalue weighted by atomic mass is 16.5. The molecule has 0 saturated heterocycles. The highest BCUT2D eigenvalue weighted by Gasteiger charge is 2.13. The second kappa shape index (κ2) is 8.34. The maximum absolute atomic E-state index is 5.95. The summed E-state index contributed by atoms with van der Waals surface area (Å²) in [6.45, 7) is 4.02. The predicted octanol–water partition coefficient (Wildman–Crippen LogP) is 4.08. The first kappa shape index (κ1) is 14.5. The Morgan fingerprint density at radius 1 is 1.16 bits per heavy atom. The van der Waals surface area contributed by atoms with Crippen LogP contribution in [0.5, 0.6) is 0 Å². The van der Waals surface area contributed by atoms with E-state index in [1.807, 2.05) is 0 Å². The summed E-state index contributed by atoms with van der Waals surface area (Å²) >= 11 is 0. The van der Waals surface area contributed by atoms with Crippen molar-refractivity contribution < 1.29 is 4.74 Å². The van der Waals surface area contributed by atoms with Crippen LogP contribution in [0, 0.1) is 0 Å². The van der Waals surface area contributed by atoms with E-state index in [-0.39, 0.29) is 0 Å². The van der Waals surface area contributed by atoms with Gasteiger partial charge in [0.25, 0.3) is 0 Å². The molecule has 1 unspecified atom stereocenters. The molecule has 0 heterocycles. The summed E-state index contributed by atoms with van der Waals surface area (Å²) in [6.07, 6.45) is 8.25. The fourth-order valence-corrected chi connectivity index (χ4v) is 2.87. The summed E-state index contributed by atoms with van der Waals surface area (Å²) in [4.78, 5) is 0. The second-order valence-electron chi connectivity index (χ2n) is 5.46. The van der Waals surface area contributed by atoms with Crippen molar-refractivity contribution in [1.82, 2.24) is 5.32 Å². The van der Waals surface area contributed by atoms with Crippen molar-refractivity contribution in [3.8, 4) is 0 Å². The van der Waals surface area contributed by atoms with Gasteiger partial charge in [0.1, 0.15) is 0 Å². The molecule has 2 rings (SSSR count). The van der Waals surface area contributed by atoms with Crippen LogP contribution in [0.2, 0.25) is 0 Å². The molecule has 1 fully saturated rings. The maximum atomic E-state index is 5.95. The molecule has 1 saturated carbocycles. The lowest BCUT2D eigenvalue weighted by Gasteiger charge is -2.23. The molecule has 1 N–H and O–H groups in total. The minimum absolute atomic E-state index is 0.455. The van der Waals surface area contributed by atoms with Gasteiger partial charge >= 0.3 is 0 Å². The van der Waals surface area contributed by atoms with Gasteiger partial charge in [-0.3, -0.25) is 0 Å². The molecule has 106 valence electrons. The van der Waals surface area contributed by atoms with E-state index in [1.165, 1.54) is 37.7 Å². The Morgan fingerprint density at radius 3 is 2.58 bits per heavy atom. The zero-order valence-electron chi connectivity index (χ0n) is 12.1. The van der Waals surface area contributed by atoms with Gasteiger partial charge in [-0.05, 0) is 24.8 Å². The first-order valence-corrected chi connectivity index (χ1v) is 7.80. The van der Waals surface area contributed by atoms with E-state index >= 15 is 0 Å². The van der Waals surface area contributed by atoms with Crippen molar-refractivity contribution >= 4 is 0 Å². The van der Waals surface area contributed by atoms with E-state index in [1.54, 1.807) is 0 Å². The topological polar surface area (TPSA) is 21.3 Å². The smallest absolute Gasteiger partial charge is 0.0594 e. The van der Waals surface area contributed by atoms with E-state index in [0.717, 1.165) is 19.6 Å². The van der Waals surface area contributed by atoms with Crippen molar-refractivity contribution in [2.75, 3.05) is 13.2 Å². The first-order chi connectivity index (χ1) is 9.40. The number of benzene rings is 1. The Bertz CT molecular complexity index is 332. The second-order valence-corrected chi connectivity index (χ2v) is 5.46. The Balaban J connectivity index is 1.66. The first-order valence-electron chi connectivity index (χ1n) is 7.80. The number of rotatable bonds is 7. The molecular formula is C17H27NO. The van der Waals surface area contributed by atoms with Gasteiger partial charge in [-0.2, -0.15) is 0 Å². The third-order valence-corrected chi connectivity index (χ3v) is 4.01. The summed E-state index contributed by atoms with van der Waals surface area (Å²) in [5.74, 6) is 0. The fourth-order valence-electron chi connectivity index (χ4n) is 2.87. The quantitative estimate of drug-likeness (QED) is 0.747.